The lowest BCUT2D eigenvalue weighted by molar-refractivity contribution is -0.0703. The van der Waals surface area contributed by atoms with Crippen molar-refractivity contribution in [1.29, 1.82) is 0 Å². The maximum Gasteiger partial charge on any atom is 0.340 e. The molecule has 0 radical (unpaired) electrons. The number of fused-ring (bicyclic) bond motifs is 3. The molecule has 7 nitrogen and oxygen atoms in total. The Labute approximate surface area is 259 Å². The van der Waals surface area contributed by atoms with E-state index in [4.69, 9.17) is 15.2 Å². The number of hydrogen-bond donors (Lipinski definition) is 2. The number of carbonyl (C=O) groups is 3. The van der Waals surface area contributed by atoms with Crippen LogP contribution in [0.5, 0.6) is 0 Å². The van der Waals surface area contributed by atoms with Crippen LogP contribution >= 0.6 is 0 Å². The van der Waals surface area contributed by atoms with Gasteiger partial charge in [0.15, 0.2) is 11.6 Å². The number of benzene rings is 3. The first-order valence-corrected chi connectivity index (χ1v) is 16.1. The quantitative estimate of drug-likeness (QED) is 0.119. The normalized spacial score (nSPS) is 22.5. The smallest absolute Gasteiger partial charge is 0.340 e. The number of nitrogen functional groups attached to an aromatic ring is 1. The summed E-state index contributed by atoms with van der Waals surface area (Å²) in [5.41, 5.74) is 10.1. The van der Waals surface area contributed by atoms with Crippen molar-refractivity contribution in [3.8, 4) is 0 Å². The SMILES string of the molecule is CCCCOC1CCCC2CC(OC(=O)c3cc(NCc4ccc(C)cc4)c4c(c3N)C(=O)c3ccccc3C4=O)CCC21. The topological polar surface area (TPSA) is 108 Å². The first kappa shape index (κ1) is 30.1. The Morgan fingerprint density at radius 2 is 1.68 bits per heavy atom. The van der Waals surface area contributed by atoms with Crippen LogP contribution in [0, 0.1) is 18.8 Å². The number of ketones is 2. The largest absolute Gasteiger partial charge is 0.459 e. The second kappa shape index (κ2) is 12.9. The van der Waals surface area contributed by atoms with Crippen LogP contribution in [0.2, 0.25) is 0 Å². The summed E-state index contributed by atoms with van der Waals surface area (Å²) >= 11 is 0. The molecule has 7 heteroatoms. The molecule has 0 amide bonds. The van der Waals surface area contributed by atoms with E-state index in [-0.39, 0.29) is 45.6 Å². The molecule has 6 rings (SSSR count). The van der Waals surface area contributed by atoms with Gasteiger partial charge >= 0.3 is 5.97 Å². The van der Waals surface area contributed by atoms with Crippen LogP contribution in [0.15, 0.2) is 54.6 Å². The Bertz CT molecular complexity index is 1560. The highest BCUT2D eigenvalue weighted by Crippen LogP contribution is 2.44. The maximum atomic E-state index is 13.8. The van der Waals surface area contributed by atoms with Crippen LogP contribution in [0.3, 0.4) is 0 Å². The molecule has 2 saturated carbocycles. The molecule has 0 aliphatic heterocycles. The van der Waals surface area contributed by atoms with Crippen LogP contribution in [0.25, 0.3) is 0 Å². The van der Waals surface area contributed by atoms with Crippen molar-refractivity contribution >= 4 is 28.9 Å². The second-order valence-electron chi connectivity index (χ2n) is 12.6. The standard InChI is InChI=1S/C37H42N2O5/c1-3-4-18-43-31-11-7-8-24-19-25(16-17-26(24)31)44-37(42)29-20-30(39-21-23-14-12-22(2)13-15-23)32-33(34(29)38)36(41)28-10-6-5-9-27(28)35(32)40/h5-6,9-10,12-15,20,24-26,31,39H,3-4,7-8,11,16-19,21,38H2,1-2H3. The molecule has 230 valence electrons. The van der Waals surface area contributed by atoms with Gasteiger partial charge in [-0.3, -0.25) is 9.59 Å². The van der Waals surface area contributed by atoms with Gasteiger partial charge in [0.2, 0.25) is 0 Å². The number of aryl methyl sites for hydroxylation is 1. The van der Waals surface area contributed by atoms with Gasteiger partial charge in [-0.05, 0) is 68.9 Å². The van der Waals surface area contributed by atoms with Crippen LogP contribution in [-0.2, 0) is 16.0 Å². The summed E-state index contributed by atoms with van der Waals surface area (Å²) < 4.78 is 12.4. The molecule has 0 spiro atoms. The highest BCUT2D eigenvalue weighted by molar-refractivity contribution is 6.32. The Morgan fingerprint density at radius 1 is 0.955 bits per heavy atom. The summed E-state index contributed by atoms with van der Waals surface area (Å²) in [6.45, 7) is 5.42. The highest BCUT2D eigenvalue weighted by Gasteiger charge is 2.40. The summed E-state index contributed by atoms with van der Waals surface area (Å²) in [4.78, 5) is 41.3. The van der Waals surface area contributed by atoms with E-state index in [1.165, 1.54) is 0 Å². The Morgan fingerprint density at radius 3 is 2.41 bits per heavy atom. The summed E-state index contributed by atoms with van der Waals surface area (Å²) in [5, 5.41) is 3.33. The van der Waals surface area contributed by atoms with Crippen molar-refractivity contribution in [2.24, 2.45) is 11.8 Å². The molecule has 3 aliphatic carbocycles. The molecule has 3 aliphatic rings. The minimum atomic E-state index is -0.558. The lowest BCUT2D eigenvalue weighted by atomic mass is 9.68. The fourth-order valence-corrected chi connectivity index (χ4v) is 7.30. The average molecular weight is 595 g/mol. The molecule has 4 unspecified atom stereocenters. The lowest BCUT2D eigenvalue weighted by Crippen LogP contribution is -2.41. The van der Waals surface area contributed by atoms with Gasteiger partial charge in [-0.2, -0.15) is 0 Å². The fraction of sp³-hybridized carbons (Fsp3) is 0.432. The predicted molar refractivity (Wildman–Crippen MR) is 171 cm³/mol. The van der Waals surface area contributed by atoms with Gasteiger partial charge in [0.1, 0.15) is 6.10 Å². The number of nitrogens with two attached hydrogens (primary N) is 1. The molecule has 3 aromatic rings. The monoisotopic (exact) mass is 594 g/mol. The van der Waals surface area contributed by atoms with Gasteiger partial charge in [-0.15, -0.1) is 0 Å². The van der Waals surface area contributed by atoms with Crippen molar-refractivity contribution in [3.05, 3.63) is 93.5 Å². The van der Waals surface area contributed by atoms with Gasteiger partial charge < -0.3 is 20.5 Å². The zero-order chi connectivity index (χ0) is 30.8. The Kier molecular flexibility index (Phi) is 8.85. The van der Waals surface area contributed by atoms with Crippen molar-refractivity contribution in [2.75, 3.05) is 17.7 Å². The molecular formula is C37H42N2O5. The van der Waals surface area contributed by atoms with E-state index in [9.17, 15) is 14.4 Å². The number of rotatable bonds is 9. The van der Waals surface area contributed by atoms with Crippen LogP contribution in [0.4, 0.5) is 11.4 Å². The number of ether oxygens (including phenoxy) is 2. The van der Waals surface area contributed by atoms with Crippen molar-refractivity contribution < 1.29 is 23.9 Å². The third-order valence-electron chi connectivity index (χ3n) is 9.70. The van der Waals surface area contributed by atoms with E-state index in [0.717, 1.165) is 69.1 Å². The number of hydrogen-bond acceptors (Lipinski definition) is 7. The summed E-state index contributed by atoms with van der Waals surface area (Å²) in [7, 11) is 0. The average Bonchev–Trinajstić information content (AvgIpc) is 3.03. The molecule has 2 fully saturated rings. The van der Waals surface area contributed by atoms with E-state index in [0.29, 0.717) is 35.7 Å². The maximum absolute atomic E-state index is 13.8. The third kappa shape index (κ3) is 5.90. The number of anilines is 2. The van der Waals surface area contributed by atoms with Gasteiger partial charge in [-0.1, -0.05) is 73.9 Å². The second-order valence-corrected chi connectivity index (χ2v) is 12.6. The van der Waals surface area contributed by atoms with E-state index in [1.807, 2.05) is 31.2 Å². The predicted octanol–water partition coefficient (Wildman–Crippen LogP) is 7.28. The number of unbranched alkanes of at least 4 members (excludes halogenated alkanes) is 1. The fourth-order valence-electron chi connectivity index (χ4n) is 7.30. The molecule has 44 heavy (non-hydrogen) atoms. The lowest BCUT2D eigenvalue weighted by Gasteiger charge is -2.43. The van der Waals surface area contributed by atoms with Gasteiger partial charge in [-0.25, -0.2) is 4.79 Å². The van der Waals surface area contributed by atoms with E-state index < -0.39 is 5.97 Å². The Balaban J connectivity index is 1.26. The van der Waals surface area contributed by atoms with E-state index in [1.54, 1.807) is 30.3 Å². The van der Waals surface area contributed by atoms with Gasteiger partial charge in [0, 0.05) is 30.0 Å². The summed E-state index contributed by atoms with van der Waals surface area (Å²) in [5.74, 6) is -0.245. The molecule has 3 N–H and O–H groups in total. The van der Waals surface area contributed by atoms with Crippen LogP contribution in [0.1, 0.15) is 112 Å². The Hall–Kier alpha value is -3.97. The highest BCUT2D eigenvalue weighted by atomic mass is 16.5. The first-order valence-electron chi connectivity index (χ1n) is 16.1. The third-order valence-corrected chi connectivity index (χ3v) is 9.70. The van der Waals surface area contributed by atoms with Crippen LogP contribution in [-0.4, -0.2) is 36.4 Å². The van der Waals surface area contributed by atoms with Crippen molar-refractivity contribution in [2.45, 2.75) is 84.0 Å². The number of carbonyl (C=O) groups excluding carboxylic acids is 3. The molecule has 0 heterocycles. The van der Waals surface area contributed by atoms with E-state index >= 15 is 0 Å². The minimum absolute atomic E-state index is 0.00511. The van der Waals surface area contributed by atoms with Crippen molar-refractivity contribution in [1.82, 2.24) is 0 Å². The molecule has 0 bridgehead atoms. The first-order chi connectivity index (χ1) is 21.4. The van der Waals surface area contributed by atoms with Crippen molar-refractivity contribution in [3.63, 3.8) is 0 Å². The molecular weight excluding hydrogens is 552 g/mol. The number of esters is 1. The molecule has 0 aromatic heterocycles. The van der Waals surface area contributed by atoms with E-state index in [2.05, 4.69) is 12.2 Å². The summed E-state index contributed by atoms with van der Waals surface area (Å²) in [6, 6.07) is 16.4. The zero-order valence-electron chi connectivity index (χ0n) is 25.7. The molecule has 4 atom stereocenters. The van der Waals surface area contributed by atoms with Gasteiger partial charge in [0.25, 0.3) is 0 Å². The number of nitrogens with one attached hydrogen (secondary N) is 1. The molecule has 0 saturated heterocycles. The summed E-state index contributed by atoms with van der Waals surface area (Å²) in [6.07, 6.45) is 8.17. The molecule has 3 aromatic carbocycles. The van der Waals surface area contributed by atoms with Crippen LogP contribution < -0.4 is 11.1 Å². The minimum Gasteiger partial charge on any atom is -0.459 e. The zero-order valence-corrected chi connectivity index (χ0v) is 25.7. The van der Waals surface area contributed by atoms with Gasteiger partial charge in [0.05, 0.1) is 28.5 Å².